The summed E-state index contributed by atoms with van der Waals surface area (Å²) < 4.78 is 22.3. The van der Waals surface area contributed by atoms with Crippen LogP contribution < -0.4 is 0 Å². The molecule has 1 fully saturated rings. The van der Waals surface area contributed by atoms with Crippen molar-refractivity contribution in [3.63, 3.8) is 0 Å². The number of aromatic amines is 1. The number of rotatable bonds is 2. The van der Waals surface area contributed by atoms with Crippen LogP contribution in [0, 0.1) is 0 Å². The fourth-order valence-electron chi connectivity index (χ4n) is 2.19. The van der Waals surface area contributed by atoms with Gasteiger partial charge in [0, 0.05) is 29.5 Å². The largest absolute Gasteiger partial charge is 0.356 e. The third-order valence-electron chi connectivity index (χ3n) is 3.23. The summed E-state index contributed by atoms with van der Waals surface area (Å²) in [5.74, 6) is -0.172. The van der Waals surface area contributed by atoms with Gasteiger partial charge in [-0.3, -0.25) is 4.79 Å². The van der Waals surface area contributed by atoms with E-state index >= 15 is 0 Å². The Balaban J connectivity index is 2.21. The highest BCUT2D eigenvalue weighted by Crippen LogP contribution is 2.21. The molecule has 0 spiro atoms. The zero-order chi connectivity index (χ0) is 13.3. The van der Waals surface area contributed by atoms with Gasteiger partial charge in [0.2, 0.25) is 0 Å². The van der Waals surface area contributed by atoms with Gasteiger partial charge in [0.25, 0.3) is 15.0 Å². The van der Waals surface area contributed by atoms with Crippen LogP contribution in [0.1, 0.15) is 36.7 Å². The number of hydrogen-bond acceptors (Lipinski definition) is 3. The number of aromatic nitrogens is 1. The lowest BCUT2D eigenvalue weighted by atomic mass is 10.0. The lowest BCUT2D eigenvalue weighted by Crippen LogP contribution is -2.42. The smallest absolute Gasteiger partial charge is 0.270 e. The Morgan fingerprint density at radius 1 is 1.50 bits per heavy atom. The molecule has 0 aliphatic carbocycles. The molecule has 2 rings (SSSR count). The average Bonchev–Trinajstić information content (AvgIpc) is 2.77. The van der Waals surface area contributed by atoms with Crippen molar-refractivity contribution >= 4 is 25.6 Å². The van der Waals surface area contributed by atoms with E-state index in [0.29, 0.717) is 6.54 Å². The molecule has 0 bridgehead atoms. The van der Waals surface area contributed by atoms with Gasteiger partial charge in [-0.15, -0.1) is 0 Å². The third kappa shape index (κ3) is 2.70. The molecule has 1 N–H and O–H groups in total. The van der Waals surface area contributed by atoms with Gasteiger partial charge in [-0.25, -0.2) is 8.42 Å². The number of halogens is 1. The lowest BCUT2D eigenvalue weighted by molar-refractivity contribution is 0.0630. The molecule has 100 valence electrons. The topological polar surface area (TPSA) is 70.2 Å². The minimum atomic E-state index is -3.79. The van der Waals surface area contributed by atoms with Crippen LogP contribution in [0.5, 0.6) is 0 Å². The second-order valence-corrected chi connectivity index (χ2v) is 7.10. The molecule has 0 aromatic carbocycles. The van der Waals surface area contributed by atoms with Gasteiger partial charge in [0.1, 0.15) is 10.6 Å². The van der Waals surface area contributed by atoms with E-state index < -0.39 is 9.05 Å². The second-order valence-electron chi connectivity index (χ2n) is 4.53. The van der Waals surface area contributed by atoms with Crippen LogP contribution in [0.3, 0.4) is 0 Å². The quantitative estimate of drug-likeness (QED) is 0.847. The molecule has 7 heteroatoms. The van der Waals surface area contributed by atoms with E-state index in [1.165, 1.54) is 12.3 Å². The fraction of sp³-hybridized carbons (Fsp3) is 0.545. The predicted octanol–water partition coefficient (Wildman–Crippen LogP) is 1.96. The summed E-state index contributed by atoms with van der Waals surface area (Å²) in [5.41, 5.74) is 0.267. The first-order chi connectivity index (χ1) is 8.39. The first kappa shape index (κ1) is 13.4. The Morgan fingerprint density at radius 2 is 2.22 bits per heavy atom. The Morgan fingerprint density at radius 3 is 2.78 bits per heavy atom. The van der Waals surface area contributed by atoms with Gasteiger partial charge in [0.05, 0.1) is 0 Å². The van der Waals surface area contributed by atoms with E-state index in [1.807, 2.05) is 6.92 Å². The first-order valence-electron chi connectivity index (χ1n) is 5.83. The highest BCUT2D eigenvalue weighted by atomic mass is 35.7. The third-order valence-corrected chi connectivity index (χ3v) is 4.57. The summed E-state index contributed by atoms with van der Waals surface area (Å²) in [6.07, 6.45) is 4.33. The number of carbonyl (C=O) groups excluding carboxylic acids is 1. The van der Waals surface area contributed by atoms with Crippen molar-refractivity contribution in [2.24, 2.45) is 0 Å². The van der Waals surface area contributed by atoms with Crippen molar-refractivity contribution in [1.29, 1.82) is 0 Å². The molecule has 5 nitrogen and oxygen atoms in total. The highest BCUT2D eigenvalue weighted by Gasteiger charge is 2.26. The van der Waals surface area contributed by atoms with Crippen molar-refractivity contribution in [1.82, 2.24) is 9.88 Å². The summed E-state index contributed by atoms with van der Waals surface area (Å²) in [4.78, 5) is 16.6. The van der Waals surface area contributed by atoms with Gasteiger partial charge in [-0.2, -0.15) is 0 Å². The fourth-order valence-corrected chi connectivity index (χ4v) is 2.92. The summed E-state index contributed by atoms with van der Waals surface area (Å²) in [6.45, 7) is 2.71. The van der Waals surface area contributed by atoms with E-state index in [2.05, 4.69) is 4.98 Å². The summed E-state index contributed by atoms with van der Waals surface area (Å²) >= 11 is 0. The number of piperidine rings is 1. The van der Waals surface area contributed by atoms with Crippen molar-refractivity contribution in [3.05, 3.63) is 18.0 Å². The van der Waals surface area contributed by atoms with E-state index in [1.54, 1.807) is 4.90 Å². The van der Waals surface area contributed by atoms with Gasteiger partial charge < -0.3 is 9.88 Å². The molecule has 1 unspecified atom stereocenters. The minimum absolute atomic E-state index is 0.0721. The van der Waals surface area contributed by atoms with Crippen molar-refractivity contribution in [2.45, 2.75) is 37.1 Å². The number of carbonyl (C=O) groups is 1. The van der Waals surface area contributed by atoms with Crippen LogP contribution in [-0.4, -0.2) is 36.8 Å². The Labute approximate surface area is 111 Å². The maximum absolute atomic E-state index is 12.2. The standard InChI is InChI=1S/C11H15ClN2O3S/c1-8-4-2-3-5-14(8)11(15)10-6-9(7-13-10)18(12,16)17/h6-8,13H,2-5H2,1H3. The molecule has 1 aromatic rings. The van der Waals surface area contributed by atoms with Gasteiger partial charge in [0.15, 0.2) is 0 Å². The molecule has 1 aliphatic heterocycles. The molecule has 18 heavy (non-hydrogen) atoms. The molecule has 1 aliphatic rings. The Bertz CT molecular complexity index is 552. The van der Waals surface area contributed by atoms with Gasteiger partial charge in [-0.1, -0.05) is 0 Å². The normalized spacial score (nSPS) is 21.0. The highest BCUT2D eigenvalue weighted by molar-refractivity contribution is 8.13. The molecular formula is C11H15ClN2O3S. The molecule has 1 saturated heterocycles. The minimum Gasteiger partial charge on any atom is -0.356 e. The molecule has 2 heterocycles. The molecular weight excluding hydrogens is 276 g/mol. The van der Waals surface area contributed by atoms with Crippen LogP contribution in [-0.2, 0) is 9.05 Å². The number of likely N-dealkylation sites (tertiary alicyclic amines) is 1. The van der Waals surface area contributed by atoms with Crippen LogP contribution >= 0.6 is 10.7 Å². The number of nitrogens with zero attached hydrogens (tertiary/aromatic N) is 1. The summed E-state index contributed by atoms with van der Waals surface area (Å²) in [7, 11) is 1.43. The molecule has 1 amide bonds. The maximum atomic E-state index is 12.2. The SMILES string of the molecule is CC1CCCCN1C(=O)c1cc(S(=O)(=O)Cl)c[nH]1. The van der Waals surface area contributed by atoms with Gasteiger partial charge in [-0.05, 0) is 32.3 Å². The number of amides is 1. The molecule has 1 atom stereocenters. The molecule has 0 radical (unpaired) electrons. The lowest BCUT2D eigenvalue weighted by Gasteiger charge is -2.33. The van der Waals surface area contributed by atoms with Crippen molar-refractivity contribution < 1.29 is 13.2 Å². The average molecular weight is 291 g/mol. The van der Waals surface area contributed by atoms with E-state index in [-0.39, 0.29) is 22.5 Å². The second kappa shape index (κ2) is 4.93. The number of hydrogen-bond donors (Lipinski definition) is 1. The van der Waals surface area contributed by atoms with E-state index in [9.17, 15) is 13.2 Å². The Kier molecular flexibility index (Phi) is 3.68. The summed E-state index contributed by atoms with van der Waals surface area (Å²) in [6, 6.07) is 1.47. The van der Waals surface area contributed by atoms with Crippen molar-refractivity contribution in [3.8, 4) is 0 Å². The molecule has 1 aromatic heterocycles. The van der Waals surface area contributed by atoms with E-state index in [4.69, 9.17) is 10.7 Å². The first-order valence-corrected chi connectivity index (χ1v) is 8.14. The monoisotopic (exact) mass is 290 g/mol. The predicted molar refractivity (Wildman–Crippen MR) is 68.2 cm³/mol. The number of H-pyrrole nitrogens is 1. The number of nitrogens with one attached hydrogen (secondary N) is 1. The molecule has 0 saturated carbocycles. The Hall–Kier alpha value is -1.01. The van der Waals surface area contributed by atoms with Crippen LogP contribution in [0.25, 0.3) is 0 Å². The van der Waals surface area contributed by atoms with Crippen LogP contribution in [0.15, 0.2) is 17.2 Å². The zero-order valence-electron chi connectivity index (χ0n) is 10.0. The zero-order valence-corrected chi connectivity index (χ0v) is 11.6. The van der Waals surface area contributed by atoms with E-state index in [0.717, 1.165) is 19.3 Å². The van der Waals surface area contributed by atoms with Gasteiger partial charge >= 0.3 is 0 Å². The summed E-state index contributed by atoms with van der Waals surface area (Å²) in [5, 5.41) is 0. The van der Waals surface area contributed by atoms with Crippen LogP contribution in [0.4, 0.5) is 0 Å². The van der Waals surface area contributed by atoms with Crippen LogP contribution in [0.2, 0.25) is 0 Å². The maximum Gasteiger partial charge on any atom is 0.270 e. The van der Waals surface area contributed by atoms with Crippen molar-refractivity contribution in [2.75, 3.05) is 6.54 Å².